The molecule has 0 aromatic heterocycles. The van der Waals surface area contributed by atoms with Crippen molar-refractivity contribution in [2.24, 2.45) is 0 Å². The van der Waals surface area contributed by atoms with Crippen LogP contribution >= 0.6 is 12.2 Å². The molecule has 32 heavy (non-hydrogen) atoms. The van der Waals surface area contributed by atoms with Crippen molar-refractivity contribution in [2.45, 2.75) is 33.1 Å². The Labute approximate surface area is 189 Å². The van der Waals surface area contributed by atoms with E-state index in [4.69, 9.17) is 12.2 Å². The van der Waals surface area contributed by atoms with E-state index in [0.717, 1.165) is 37.9 Å². The van der Waals surface area contributed by atoms with E-state index in [2.05, 4.69) is 10.6 Å². The molecule has 1 aliphatic heterocycles. The largest absolute Gasteiger partial charge is 0.366 e. The van der Waals surface area contributed by atoms with E-state index in [1.54, 1.807) is 26.0 Å². The van der Waals surface area contributed by atoms with Crippen LogP contribution in [0.1, 0.15) is 40.7 Å². The van der Waals surface area contributed by atoms with E-state index in [1.807, 2.05) is 4.90 Å². The summed E-state index contributed by atoms with van der Waals surface area (Å²) < 4.78 is 0. The van der Waals surface area contributed by atoms with Crippen molar-refractivity contribution in [3.63, 3.8) is 0 Å². The average molecular weight is 458 g/mol. The van der Waals surface area contributed by atoms with Gasteiger partial charge < -0.3 is 10.2 Å². The number of carbonyl (C=O) groups is 1. The van der Waals surface area contributed by atoms with Crippen LogP contribution in [0, 0.1) is 34.1 Å². The van der Waals surface area contributed by atoms with Crippen molar-refractivity contribution < 1.29 is 14.6 Å². The van der Waals surface area contributed by atoms with Crippen LogP contribution in [0.4, 0.5) is 22.7 Å². The summed E-state index contributed by atoms with van der Waals surface area (Å²) in [5.41, 5.74) is 1.85. The minimum atomic E-state index is -0.649. The van der Waals surface area contributed by atoms with Gasteiger partial charge in [0.05, 0.1) is 9.85 Å². The third-order valence-corrected chi connectivity index (χ3v) is 5.71. The smallest absolute Gasteiger partial charge is 0.293 e. The Hall–Kier alpha value is -3.60. The van der Waals surface area contributed by atoms with Crippen molar-refractivity contribution in [3.05, 3.63) is 67.3 Å². The maximum Gasteiger partial charge on any atom is 0.293 e. The van der Waals surface area contributed by atoms with E-state index in [9.17, 15) is 25.0 Å². The van der Waals surface area contributed by atoms with E-state index >= 15 is 0 Å². The molecule has 1 saturated heterocycles. The number of nitrogens with zero attached hydrogens (tertiary/aromatic N) is 3. The van der Waals surface area contributed by atoms with Crippen molar-refractivity contribution in [1.82, 2.24) is 5.32 Å². The number of carbonyl (C=O) groups excluding carboxylic acids is 1. The molecule has 1 fully saturated rings. The lowest BCUT2D eigenvalue weighted by molar-refractivity contribution is -0.384. The van der Waals surface area contributed by atoms with Crippen LogP contribution < -0.4 is 15.5 Å². The standard InChI is InChI=1S/C21H23N5O5S/c1-13-6-8-17(25(28)29)19(14(13)2)22-21(32)23-20(27)15-7-9-16(18(12-15)26(30)31)24-10-4-3-5-11-24/h6-9,12H,3-5,10-11H2,1-2H3,(H2,22,23,27,32). The zero-order valence-corrected chi connectivity index (χ0v) is 18.5. The molecule has 0 radical (unpaired) electrons. The van der Waals surface area contributed by atoms with Gasteiger partial charge in [0, 0.05) is 30.8 Å². The Bertz CT molecular complexity index is 1100. The molecule has 1 amide bonds. The minimum absolute atomic E-state index is 0.0667. The molecule has 2 aromatic rings. The quantitative estimate of drug-likeness (QED) is 0.387. The summed E-state index contributed by atoms with van der Waals surface area (Å²) in [5, 5.41) is 28.0. The van der Waals surface area contributed by atoms with Crippen LogP contribution in [-0.4, -0.2) is 34.0 Å². The van der Waals surface area contributed by atoms with Gasteiger partial charge in [-0.05, 0) is 68.6 Å². The number of benzene rings is 2. The van der Waals surface area contributed by atoms with E-state index in [1.165, 1.54) is 18.2 Å². The molecule has 0 aliphatic carbocycles. The van der Waals surface area contributed by atoms with Crippen LogP contribution in [-0.2, 0) is 0 Å². The van der Waals surface area contributed by atoms with E-state index in [0.29, 0.717) is 11.3 Å². The van der Waals surface area contributed by atoms with Gasteiger partial charge in [-0.15, -0.1) is 0 Å². The predicted molar refractivity (Wildman–Crippen MR) is 125 cm³/mol. The molecule has 1 heterocycles. The Kier molecular flexibility index (Phi) is 6.98. The number of anilines is 2. The molecular weight excluding hydrogens is 434 g/mol. The molecule has 3 rings (SSSR count). The molecule has 0 spiro atoms. The Morgan fingerprint density at radius 1 is 1.00 bits per heavy atom. The summed E-state index contributed by atoms with van der Waals surface area (Å²) in [6.45, 7) is 4.97. The number of hydrogen-bond acceptors (Lipinski definition) is 7. The topological polar surface area (TPSA) is 131 Å². The first-order chi connectivity index (χ1) is 15.2. The summed E-state index contributed by atoms with van der Waals surface area (Å²) in [6, 6.07) is 7.29. The highest BCUT2D eigenvalue weighted by molar-refractivity contribution is 7.80. The first-order valence-corrected chi connectivity index (χ1v) is 10.5. The third kappa shape index (κ3) is 4.99. The number of nitro benzene ring substituents is 2. The lowest BCUT2D eigenvalue weighted by atomic mass is 10.1. The monoisotopic (exact) mass is 457 g/mol. The van der Waals surface area contributed by atoms with E-state index < -0.39 is 15.8 Å². The predicted octanol–water partition coefficient (Wildman–Crippen LogP) is 4.24. The van der Waals surface area contributed by atoms with Crippen molar-refractivity contribution in [2.75, 3.05) is 23.3 Å². The van der Waals surface area contributed by atoms with Crippen molar-refractivity contribution in [3.8, 4) is 0 Å². The summed E-state index contributed by atoms with van der Waals surface area (Å²) in [5.74, 6) is -0.649. The van der Waals surface area contributed by atoms with E-state index in [-0.39, 0.29) is 27.7 Å². The lowest BCUT2D eigenvalue weighted by Crippen LogP contribution is -2.34. The molecule has 0 bridgehead atoms. The van der Waals surface area contributed by atoms with Gasteiger partial charge in [-0.3, -0.25) is 30.3 Å². The highest BCUT2D eigenvalue weighted by atomic mass is 32.1. The molecule has 2 N–H and O–H groups in total. The number of amides is 1. The summed E-state index contributed by atoms with van der Waals surface area (Å²) in [4.78, 5) is 36.5. The van der Waals surface area contributed by atoms with Gasteiger partial charge >= 0.3 is 0 Å². The minimum Gasteiger partial charge on any atom is -0.366 e. The molecule has 2 aromatic carbocycles. The molecule has 1 aliphatic rings. The summed E-state index contributed by atoms with van der Waals surface area (Å²) in [6.07, 6.45) is 3.02. The van der Waals surface area contributed by atoms with Gasteiger partial charge in [-0.2, -0.15) is 0 Å². The second kappa shape index (κ2) is 9.69. The number of nitrogens with one attached hydrogen (secondary N) is 2. The fraction of sp³-hybridized carbons (Fsp3) is 0.333. The van der Waals surface area contributed by atoms with Gasteiger partial charge in [0.1, 0.15) is 11.4 Å². The van der Waals surface area contributed by atoms with Crippen molar-refractivity contribution >= 4 is 46.0 Å². The molecule has 10 nitrogen and oxygen atoms in total. The third-order valence-electron chi connectivity index (χ3n) is 5.51. The number of aryl methyl sites for hydroxylation is 1. The summed E-state index contributed by atoms with van der Waals surface area (Å²) >= 11 is 5.17. The number of hydrogen-bond donors (Lipinski definition) is 2. The first kappa shape index (κ1) is 23.1. The second-order valence-electron chi connectivity index (χ2n) is 7.58. The van der Waals surface area contributed by atoms with Crippen LogP contribution in [0.25, 0.3) is 0 Å². The molecule has 11 heteroatoms. The second-order valence-corrected chi connectivity index (χ2v) is 7.98. The number of rotatable bonds is 5. The maximum atomic E-state index is 12.7. The van der Waals surface area contributed by atoms with Crippen LogP contribution in [0.2, 0.25) is 0 Å². The number of nitro groups is 2. The van der Waals surface area contributed by atoms with Gasteiger partial charge in [0.15, 0.2) is 5.11 Å². The zero-order chi connectivity index (χ0) is 23.4. The van der Waals surface area contributed by atoms with Gasteiger partial charge in [-0.1, -0.05) is 6.07 Å². The molecule has 0 atom stereocenters. The summed E-state index contributed by atoms with van der Waals surface area (Å²) in [7, 11) is 0. The fourth-order valence-corrected chi connectivity index (χ4v) is 3.84. The molecular formula is C21H23N5O5S. The highest BCUT2D eigenvalue weighted by Gasteiger charge is 2.24. The Morgan fingerprint density at radius 2 is 1.66 bits per heavy atom. The molecule has 168 valence electrons. The highest BCUT2D eigenvalue weighted by Crippen LogP contribution is 2.32. The number of piperidine rings is 1. The van der Waals surface area contributed by atoms with Crippen LogP contribution in [0.5, 0.6) is 0 Å². The average Bonchev–Trinajstić information content (AvgIpc) is 2.76. The normalized spacial score (nSPS) is 13.4. The molecule has 0 unspecified atom stereocenters. The SMILES string of the molecule is Cc1ccc([N+](=O)[O-])c(NC(=S)NC(=O)c2ccc(N3CCCCC3)c([N+](=O)[O-])c2)c1C. The van der Waals surface area contributed by atoms with Crippen LogP contribution in [0.15, 0.2) is 30.3 Å². The zero-order valence-electron chi connectivity index (χ0n) is 17.7. The van der Waals surface area contributed by atoms with Gasteiger partial charge in [0.2, 0.25) is 0 Å². The number of thiocarbonyl (C=S) groups is 1. The van der Waals surface area contributed by atoms with Crippen LogP contribution in [0.3, 0.4) is 0 Å². The Balaban J connectivity index is 1.79. The fourth-order valence-electron chi connectivity index (χ4n) is 3.64. The maximum absolute atomic E-state index is 12.7. The van der Waals surface area contributed by atoms with Gasteiger partial charge in [-0.25, -0.2) is 0 Å². The van der Waals surface area contributed by atoms with Crippen molar-refractivity contribution in [1.29, 1.82) is 0 Å². The molecule has 0 saturated carbocycles. The first-order valence-electron chi connectivity index (χ1n) is 10.1. The lowest BCUT2D eigenvalue weighted by Gasteiger charge is -2.28. The van der Waals surface area contributed by atoms with Gasteiger partial charge in [0.25, 0.3) is 17.3 Å². The Morgan fingerprint density at radius 3 is 2.28 bits per heavy atom.